The van der Waals surface area contributed by atoms with Gasteiger partial charge in [-0.2, -0.15) is 0 Å². The first kappa shape index (κ1) is 17.9. The van der Waals surface area contributed by atoms with Gasteiger partial charge in [-0.05, 0) is 36.1 Å². The maximum atomic E-state index is 12.5. The molecule has 0 spiro atoms. The van der Waals surface area contributed by atoms with Crippen molar-refractivity contribution in [2.75, 3.05) is 6.54 Å². The molecule has 5 heteroatoms. The summed E-state index contributed by atoms with van der Waals surface area (Å²) in [5, 5.41) is 0. The molecule has 1 heterocycles. The van der Waals surface area contributed by atoms with Gasteiger partial charge < -0.3 is 4.74 Å². The molecule has 0 saturated carbocycles. The zero-order valence-corrected chi connectivity index (χ0v) is 14.9. The van der Waals surface area contributed by atoms with Crippen molar-refractivity contribution >= 4 is 17.8 Å². The minimum absolute atomic E-state index is 0.157. The van der Waals surface area contributed by atoms with Crippen LogP contribution >= 0.6 is 0 Å². The van der Waals surface area contributed by atoms with Gasteiger partial charge in [-0.25, -0.2) is 4.79 Å². The molecule has 0 atom stereocenters. The van der Waals surface area contributed by atoms with Gasteiger partial charge in [-0.15, -0.1) is 0 Å². The number of fused-ring (bicyclic) bond motifs is 1. The van der Waals surface area contributed by atoms with Gasteiger partial charge in [-0.3, -0.25) is 14.5 Å². The van der Waals surface area contributed by atoms with Gasteiger partial charge in [0.25, 0.3) is 11.8 Å². The summed E-state index contributed by atoms with van der Waals surface area (Å²) in [5.41, 5.74) is 1.77. The monoisotopic (exact) mass is 351 g/mol. The highest BCUT2D eigenvalue weighted by Gasteiger charge is 2.35. The third kappa shape index (κ3) is 3.67. The van der Waals surface area contributed by atoms with Crippen molar-refractivity contribution in [1.29, 1.82) is 0 Å². The van der Waals surface area contributed by atoms with Crippen LogP contribution in [0.1, 0.15) is 56.9 Å². The Morgan fingerprint density at radius 3 is 2.38 bits per heavy atom. The van der Waals surface area contributed by atoms with Gasteiger partial charge in [0.15, 0.2) is 0 Å². The van der Waals surface area contributed by atoms with Crippen molar-refractivity contribution in [1.82, 2.24) is 4.90 Å². The normalized spacial score (nSPS) is 13.3. The Bertz CT molecular complexity index is 842. The average Bonchev–Trinajstić information content (AvgIpc) is 2.89. The number of amides is 2. The Labute approximate surface area is 152 Å². The summed E-state index contributed by atoms with van der Waals surface area (Å²) in [6.45, 7) is 4.62. The molecule has 5 nitrogen and oxygen atoms in total. The number of carbonyl (C=O) groups is 3. The highest BCUT2D eigenvalue weighted by molar-refractivity contribution is 6.21. The van der Waals surface area contributed by atoms with Crippen LogP contribution in [-0.4, -0.2) is 29.2 Å². The summed E-state index contributed by atoms with van der Waals surface area (Å²) >= 11 is 0. The molecule has 26 heavy (non-hydrogen) atoms. The third-order valence-corrected chi connectivity index (χ3v) is 4.35. The van der Waals surface area contributed by atoms with E-state index in [1.807, 2.05) is 44.2 Å². The molecule has 0 unspecified atom stereocenters. The third-order valence-electron chi connectivity index (χ3n) is 4.35. The molecule has 2 aromatic carbocycles. The number of benzene rings is 2. The first-order chi connectivity index (χ1) is 12.5. The number of esters is 1. The maximum Gasteiger partial charge on any atom is 0.338 e. The standard InChI is InChI=1S/C21H21NO4/c1-14(2)10-11-22-19(23)17-9-8-16(12-18(17)20(22)24)21(25)26-13-15-6-4-3-5-7-15/h3-9,12,14H,10-11,13H2,1-2H3. The van der Waals surface area contributed by atoms with Gasteiger partial charge in [-0.1, -0.05) is 44.2 Å². The van der Waals surface area contributed by atoms with Crippen molar-refractivity contribution in [2.24, 2.45) is 5.92 Å². The minimum atomic E-state index is -0.516. The van der Waals surface area contributed by atoms with E-state index in [9.17, 15) is 14.4 Å². The Balaban J connectivity index is 1.72. The van der Waals surface area contributed by atoms with Crippen molar-refractivity contribution in [3.8, 4) is 0 Å². The second-order valence-electron chi connectivity index (χ2n) is 6.77. The van der Waals surface area contributed by atoms with E-state index >= 15 is 0 Å². The quantitative estimate of drug-likeness (QED) is 0.588. The first-order valence-corrected chi connectivity index (χ1v) is 8.68. The van der Waals surface area contributed by atoms with E-state index in [2.05, 4.69) is 0 Å². The van der Waals surface area contributed by atoms with Crippen molar-refractivity contribution in [3.63, 3.8) is 0 Å². The number of hydrogen-bond acceptors (Lipinski definition) is 4. The van der Waals surface area contributed by atoms with Crippen LogP contribution < -0.4 is 0 Å². The summed E-state index contributed by atoms with van der Waals surface area (Å²) in [5.74, 6) is -0.765. The Hall–Kier alpha value is -2.95. The summed E-state index contributed by atoms with van der Waals surface area (Å²) in [6, 6.07) is 13.9. The second kappa shape index (κ2) is 7.52. The maximum absolute atomic E-state index is 12.5. The van der Waals surface area contributed by atoms with E-state index in [0.29, 0.717) is 18.0 Å². The first-order valence-electron chi connectivity index (χ1n) is 8.68. The molecule has 0 radical (unpaired) electrons. The fourth-order valence-electron chi connectivity index (χ4n) is 2.81. The van der Waals surface area contributed by atoms with Crippen LogP contribution in [0.2, 0.25) is 0 Å². The summed E-state index contributed by atoms with van der Waals surface area (Å²) in [6.07, 6.45) is 0.747. The lowest BCUT2D eigenvalue weighted by molar-refractivity contribution is 0.0472. The van der Waals surface area contributed by atoms with Gasteiger partial charge >= 0.3 is 5.97 Å². The number of imide groups is 1. The molecule has 0 fully saturated rings. The lowest BCUT2D eigenvalue weighted by Gasteiger charge is -2.14. The van der Waals surface area contributed by atoms with Gasteiger partial charge in [0.05, 0.1) is 16.7 Å². The molecule has 0 aromatic heterocycles. The van der Waals surface area contributed by atoms with Crippen LogP contribution in [0.4, 0.5) is 0 Å². The van der Waals surface area contributed by atoms with E-state index in [1.54, 1.807) is 0 Å². The number of carbonyl (C=O) groups excluding carboxylic acids is 3. The van der Waals surface area contributed by atoms with E-state index in [0.717, 1.165) is 12.0 Å². The second-order valence-corrected chi connectivity index (χ2v) is 6.77. The van der Waals surface area contributed by atoms with Crippen molar-refractivity contribution < 1.29 is 19.1 Å². The average molecular weight is 351 g/mol. The molecule has 1 aliphatic heterocycles. The lowest BCUT2D eigenvalue weighted by atomic mass is 10.1. The van der Waals surface area contributed by atoms with Crippen molar-refractivity contribution in [2.45, 2.75) is 26.9 Å². The molecule has 0 saturated heterocycles. The zero-order valence-electron chi connectivity index (χ0n) is 14.9. The van der Waals surface area contributed by atoms with Crippen LogP contribution in [0.3, 0.4) is 0 Å². The molecular formula is C21H21NO4. The largest absolute Gasteiger partial charge is 0.457 e. The zero-order chi connectivity index (χ0) is 18.7. The number of rotatable bonds is 6. The fourth-order valence-corrected chi connectivity index (χ4v) is 2.81. The van der Waals surface area contributed by atoms with Crippen molar-refractivity contribution in [3.05, 3.63) is 70.8 Å². The SMILES string of the molecule is CC(C)CCN1C(=O)c2ccc(C(=O)OCc3ccccc3)cc2C1=O. The predicted octanol–water partition coefficient (Wildman–Crippen LogP) is 3.69. The number of hydrogen-bond donors (Lipinski definition) is 0. The highest BCUT2D eigenvalue weighted by Crippen LogP contribution is 2.25. The molecule has 2 aromatic rings. The van der Waals surface area contributed by atoms with Crippen LogP contribution in [0.5, 0.6) is 0 Å². The lowest BCUT2D eigenvalue weighted by Crippen LogP contribution is -2.31. The Morgan fingerprint density at radius 2 is 1.69 bits per heavy atom. The Morgan fingerprint density at radius 1 is 1.00 bits per heavy atom. The number of ether oxygens (including phenoxy) is 1. The summed E-state index contributed by atoms with van der Waals surface area (Å²) in [4.78, 5) is 38.5. The van der Waals surface area contributed by atoms with Crippen LogP contribution in [0.25, 0.3) is 0 Å². The molecule has 0 aliphatic carbocycles. The fraction of sp³-hybridized carbons (Fsp3) is 0.286. The van der Waals surface area contributed by atoms with E-state index < -0.39 is 5.97 Å². The van der Waals surface area contributed by atoms with Gasteiger partial charge in [0, 0.05) is 6.54 Å². The Kier molecular flexibility index (Phi) is 5.16. The predicted molar refractivity (Wildman–Crippen MR) is 96.8 cm³/mol. The summed E-state index contributed by atoms with van der Waals surface area (Å²) < 4.78 is 5.29. The molecule has 0 N–H and O–H groups in total. The topological polar surface area (TPSA) is 63.7 Å². The van der Waals surface area contributed by atoms with E-state index in [-0.39, 0.29) is 29.5 Å². The number of nitrogens with zero attached hydrogens (tertiary/aromatic N) is 1. The van der Waals surface area contributed by atoms with Crippen LogP contribution in [-0.2, 0) is 11.3 Å². The van der Waals surface area contributed by atoms with E-state index in [1.165, 1.54) is 23.1 Å². The molecule has 2 amide bonds. The molecular weight excluding hydrogens is 330 g/mol. The van der Waals surface area contributed by atoms with E-state index in [4.69, 9.17) is 4.74 Å². The van der Waals surface area contributed by atoms with Gasteiger partial charge in [0.1, 0.15) is 6.61 Å². The molecule has 134 valence electrons. The smallest absolute Gasteiger partial charge is 0.338 e. The molecule has 1 aliphatic rings. The van der Waals surface area contributed by atoms with Gasteiger partial charge in [0.2, 0.25) is 0 Å². The summed E-state index contributed by atoms with van der Waals surface area (Å²) in [7, 11) is 0. The highest BCUT2D eigenvalue weighted by atomic mass is 16.5. The van der Waals surface area contributed by atoms with Crippen LogP contribution in [0.15, 0.2) is 48.5 Å². The molecule has 3 rings (SSSR count). The molecule has 0 bridgehead atoms. The minimum Gasteiger partial charge on any atom is -0.457 e. The van der Waals surface area contributed by atoms with Crippen LogP contribution in [0, 0.1) is 5.92 Å².